The van der Waals surface area contributed by atoms with E-state index < -0.39 is 34.3 Å². The SMILES string of the molecule is Cc1ccc(N(CC(=O)N(Cc2ccc(Cl)cc2Cl)C(C)C(=O)NC2CCCC2)S(=O)(=O)c2ccc(F)cc2)cc1. The summed E-state index contributed by atoms with van der Waals surface area (Å²) in [5.74, 6) is -1.54. The van der Waals surface area contributed by atoms with Gasteiger partial charge in [-0.25, -0.2) is 12.8 Å². The molecule has 41 heavy (non-hydrogen) atoms. The van der Waals surface area contributed by atoms with E-state index in [1.54, 1.807) is 49.4 Å². The predicted octanol–water partition coefficient (Wildman–Crippen LogP) is 6.11. The lowest BCUT2D eigenvalue weighted by Gasteiger charge is -2.32. The summed E-state index contributed by atoms with van der Waals surface area (Å²) in [6, 6.07) is 15.0. The maximum Gasteiger partial charge on any atom is 0.264 e. The zero-order valence-corrected chi connectivity index (χ0v) is 25.1. The summed E-state index contributed by atoms with van der Waals surface area (Å²) in [6.45, 7) is 2.81. The lowest BCUT2D eigenvalue weighted by Crippen LogP contribution is -2.52. The van der Waals surface area contributed by atoms with Crippen molar-refractivity contribution in [2.75, 3.05) is 10.8 Å². The maximum atomic E-state index is 14.0. The molecule has 0 heterocycles. The molecule has 1 saturated carbocycles. The van der Waals surface area contributed by atoms with E-state index in [1.807, 2.05) is 6.92 Å². The number of hydrogen-bond acceptors (Lipinski definition) is 4. The van der Waals surface area contributed by atoms with Crippen molar-refractivity contribution in [1.29, 1.82) is 0 Å². The molecule has 1 aliphatic carbocycles. The fourth-order valence-electron chi connectivity index (χ4n) is 4.78. The Bertz CT molecular complexity index is 1500. The van der Waals surface area contributed by atoms with E-state index in [-0.39, 0.29) is 29.1 Å². The van der Waals surface area contributed by atoms with E-state index in [4.69, 9.17) is 23.2 Å². The van der Waals surface area contributed by atoms with Crippen molar-refractivity contribution in [2.45, 2.75) is 63.1 Å². The first-order valence-electron chi connectivity index (χ1n) is 13.3. The number of benzene rings is 3. The molecule has 1 unspecified atom stereocenters. The first kappa shape index (κ1) is 30.8. The largest absolute Gasteiger partial charge is 0.352 e. The third-order valence-corrected chi connectivity index (χ3v) is 9.60. The van der Waals surface area contributed by atoms with Gasteiger partial charge in [0.1, 0.15) is 18.4 Å². The third-order valence-electron chi connectivity index (χ3n) is 7.23. The highest BCUT2D eigenvalue weighted by Gasteiger charge is 2.33. The van der Waals surface area contributed by atoms with Crippen LogP contribution in [0.4, 0.5) is 10.1 Å². The molecule has 3 aromatic rings. The average molecular weight is 621 g/mol. The predicted molar refractivity (Wildman–Crippen MR) is 159 cm³/mol. The number of rotatable bonds is 10. The van der Waals surface area contributed by atoms with Crippen LogP contribution in [0.15, 0.2) is 71.6 Å². The van der Waals surface area contributed by atoms with Crippen molar-refractivity contribution in [1.82, 2.24) is 10.2 Å². The number of amides is 2. The van der Waals surface area contributed by atoms with Crippen molar-refractivity contribution in [2.24, 2.45) is 0 Å². The summed E-state index contributed by atoms with van der Waals surface area (Å²) in [6.07, 6.45) is 3.78. The van der Waals surface area contributed by atoms with Crippen molar-refractivity contribution >= 4 is 50.7 Å². The zero-order chi connectivity index (χ0) is 29.7. The van der Waals surface area contributed by atoms with E-state index in [9.17, 15) is 22.4 Å². The summed E-state index contributed by atoms with van der Waals surface area (Å²) in [4.78, 5) is 28.4. The number of carbonyl (C=O) groups excluding carboxylic acids is 2. The first-order chi connectivity index (χ1) is 19.5. The van der Waals surface area contributed by atoms with Gasteiger partial charge < -0.3 is 10.2 Å². The number of sulfonamides is 1. The van der Waals surface area contributed by atoms with Gasteiger partial charge in [-0.1, -0.05) is 59.8 Å². The molecule has 3 aromatic carbocycles. The molecule has 218 valence electrons. The molecule has 2 amide bonds. The van der Waals surface area contributed by atoms with Gasteiger partial charge in [-0.3, -0.25) is 13.9 Å². The highest BCUT2D eigenvalue weighted by atomic mass is 35.5. The molecule has 0 aromatic heterocycles. The van der Waals surface area contributed by atoms with Crippen LogP contribution in [0, 0.1) is 12.7 Å². The molecule has 1 N–H and O–H groups in total. The van der Waals surface area contributed by atoms with Gasteiger partial charge in [-0.15, -0.1) is 0 Å². The van der Waals surface area contributed by atoms with Crippen LogP contribution in [0.1, 0.15) is 43.7 Å². The fourth-order valence-corrected chi connectivity index (χ4v) is 6.66. The number of aryl methyl sites for hydroxylation is 1. The first-order valence-corrected chi connectivity index (χ1v) is 15.5. The molecule has 11 heteroatoms. The minimum absolute atomic E-state index is 0.0314. The number of halogens is 3. The van der Waals surface area contributed by atoms with E-state index >= 15 is 0 Å². The smallest absolute Gasteiger partial charge is 0.264 e. The molecule has 1 atom stereocenters. The lowest BCUT2D eigenvalue weighted by molar-refractivity contribution is -0.139. The van der Waals surface area contributed by atoms with Gasteiger partial charge in [-0.2, -0.15) is 0 Å². The molecular formula is C30H32Cl2FN3O4S. The second-order valence-electron chi connectivity index (χ2n) is 10.2. The lowest BCUT2D eigenvalue weighted by atomic mass is 10.1. The highest BCUT2D eigenvalue weighted by Crippen LogP contribution is 2.27. The molecule has 0 aliphatic heterocycles. The standard InChI is InChI=1S/C30H32Cl2FN3O4S/c1-20-7-13-26(14-8-20)36(41(39,40)27-15-11-24(33)12-16-27)19-29(37)35(18-22-9-10-23(31)17-28(22)32)21(2)30(38)34-25-5-3-4-6-25/h7-17,21,25H,3-6,18-19H2,1-2H3,(H,34,38). The maximum absolute atomic E-state index is 14.0. The minimum atomic E-state index is -4.29. The van der Waals surface area contributed by atoms with Crippen LogP contribution in [0.3, 0.4) is 0 Å². The normalized spacial score (nSPS) is 14.5. The van der Waals surface area contributed by atoms with Crippen molar-refractivity contribution in [3.63, 3.8) is 0 Å². The number of carbonyl (C=O) groups is 2. The number of nitrogens with zero attached hydrogens (tertiary/aromatic N) is 2. The Hall–Kier alpha value is -3.14. The zero-order valence-electron chi connectivity index (χ0n) is 22.8. The van der Waals surface area contributed by atoms with Gasteiger partial charge in [-0.05, 0) is 80.8 Å². The molecule has 4 rings (SSSR count). The van der Waals surface area contributed by atoms with Crippen LogP contribution in [0.2, 0.25) is 10.0 Å². The Balaban J connectivity index is 1.70. The summed E-state index contributed by atoms with van der Waals surface area (Å²) in [5, 5.41) is 3.75. The summed E-state index contributed by atoms with van der Waals surface area (Å²) in [5.41, 5.74) is 1.70. The van der Waals surface area contributed by atoms with Gasteiger partial charge in [0.2, 0.25) is 11.8 Å². The molecule has 1 aliphatic rings. The Morgan fingerprint density at radius 2 is 1.63 bits per heavy atom. The van der Waals surface area contributed by atoms with Gasteiger partial charge in [0.15, 0.2) is 0 Å². The summed E-state index contributed by atoms with van der Waals surface area (Å²) < 4.78 is 42.2. The van der Waals surface area contributed by atoms with E-state index in [1.165, 1.54) is 4.90 Å². The Morgan fingerprint density at radius 3 is 2.24 bits per heavy atom. The third kappa shape index (κ3) is 7.58. The van der Waals surface area contributed by atoms with Gasteiger partial charge in [0.05, 0.1) is 10.6 Å². The van der Waals surface area contributed by atoms with Gasteiger partial charge in [0.25, 0.3) is 10.0 Å². The molecule has 0 bridgehead atoms. The second-order valence-corrected chi connectivity index (χ2v) is 12.9. The topological polar surface area (TPSA) is 86.8 Å². The van der Waals surface area contributed by atoms with Crippen LogP contribution in [0.25, 0.3) is 0 Å². The van der Waals surface area contributed by atoms with Gasteiger partial charge in [0, 0.05) is 22.6 Å². The molecular weight excluding hydrogens is 588 g/mol. The van der Waals surface area contributed by atoms with Crippen LogP contribution >= 0.6 is 23.2 Å². The minimum Gasteiger partial charge on any atom is -0.352 e. The molecule has 7 nitrogen and oxygen atoms in total. The van der Waals surface area contributed by atoms with Crippen molar-refractivity contribution in [3.05, 3.63) is 93.7 Å². The Labute approximate surface area is 250 Å². The van der Waals surface area contributed by atoms with Gasteiger partial charge >= 0.3 is 0 Å². The number of nitrogens with one attached hydrogen (secondary N) is 1. The summed E-state index contributed by atoms with van der Waals surface area (Å²) in [7, 11) is -4.29. The molecule has 0 spiro atoms. The van der Waals surface area contributed by atoms with Crippen LogP contribution in [-0.2, 0) is 26.2 Å². The Morgan fingerprint density at radius 1 is 1.00 bits per heavy atom. The van der Waals surface area contributed by atoms with E-state index in [2.05, 4.69) is 5.32 Å². The van der Waals surface area contributed by atoms with Crippen LogP contribution < -0.4 is 9.62 Å². The molecule has 1 fully saturated rings. The quantitative estimate of drug-likeness (QED) is 0.296. The summed E-state index contributed by atoms with van der Waals surface area (Å²) >= 11 is 12.5. The fraction of sp³-hybridized carbons (Fsp3) is 0.333. The second kappa shape index (κ2) is 13.2. The van der Waals surface area contributed by atoms with Crippen molar-refractivity contribution < 1.29 is 22.4 Å². The van der Waals surface area contributed by atoms with Crippen LogP contribution in [-0.4, -0.2) is 43.8 Å². The number of anilines is 1. The number of hydrogen-bond donors (Lipinski definition) is 1. The van der Waals surface area contributed by atoms with E-state index in [0.29, 0.717) is 15.6 Å². The monoisotopic (exact) mass is 619 g/mol. The van der Waals surface area contributed by atoms with Crippen molar-refractivity contribution in [3.8, 4) is 0 Å². The highest BCUT2D eigenvalue weighted by molar-refractivity contribution is 7.92. The molecule has 0 radical (unpaired) electrons. The van der Waals surface area contributed by atoms with E-state index in [0.717, 1.165) is 59.8 Å². The average Bonchev–Trinajstić information content (AvgIpc) is 3.44. The Kier molecular flexibility index (Phi) is 9.94. The van der Waals surface area contributed by atoms with Crippen LogP contribution in [0.5, 0.6) is 0 Å². The molecule has 0 saturated heterocycles.